The molecule has 10 heteroatoms. The van der Waals surface area contributed by atoms with Gasteiger partial charge in [-0.05, 0) is 30.0 Å². The van der Waals surface area contributed by atoms with Gasteiger partial charge >= 0.3 is 0 Å². The summed E-state index contributed by atoms with van der Waals surface area (Å²) in [6, 6.07) is 5.54. The summed E-state index contributed by atoms with van der Waals surface area (Å²) >= 11 is 5.84. The minimum Gasteiger partial charge on any atom is -0.380 e. The molecule has 0 saturated heterocycles. The van der Waals surface area contributed by atoms with Crippen LogP contribution in [0.4, 0.5) is 0 Å². The Bertz CT molecular complexity index is 697. The minimum atomic E-state index is -2.55. The molecule has 0 heterocycles. The lowest BCUT2D eigenvalue weighted by Gasteiger charge is -2.33. The summed E-state index contributed by atoms with van der Waals surface area (Å²) in [5.74, 6) is -3.27. The van der Waals surface area contributed by atoms with Crippen LogP contribution in [0.2, 0.25) is 5.02 Å². The monoisotopic (exact) mass is 415 g/mol. The Labute approximate surface area is 168 Å². The highest BCUT2D eigenvalue weighted by Crippen LogP contribution is 2.23. The first kappa shape index (κ1) is 23.8. The summed E-state index contributed by atoms with van der Waals surface area (Å²) < 4.78 is 0. The van der Waals surface area contributed by atoms with Crippen LogP contribution in [0.3, 0.4) is 0 Å². The second-order valence-corrected chi connectivity index (χ2v) is 7.31. The molecule has 0 bridgehead atoms. The molecule has 3 unspecified atom stereocenters. The highest BCUT2D eigenvalue weighted by Gasteiger charge is 2.48. The Hall–Kier alpha value is -2.20. The van der Waals surface area contributed by atoms with E-state index in [1.807, 2.05) is 0 Å². The molecular weight excluding hydrogens is 390 g/mol. The fourth-order valence-corrected chi connectivity index (χ4v) is 2.88. The van der Waals surface area contributed by atoms with Crippen LogP contribution >= 0.6 is 11.6 Å². The molecule has 0 aliphatic heterocycles. The zero-order valence-electron chi connectivity index (χ0n) is 15.9. The molecule has 28 heavy (non-hydrogen) atoms. The summed E-state index contributed by atoms with van der Waals surface area (Å²) in [7, 11) is 1.39. The van der Waals surface area contributed by atoms with E-state index in [-0.39, 0.29) is 18.8 Å². The van der Waals surface area contributed by atoms with Gasteiger partial charge in [0.2, 0.25) is 5.91 Å². The predicted molar refractivity (Wildman–Crippen MR) is 101 cm³/mol. The average molecular weight is 416 g/mol. The summed E-state index contributed by atoms with van der Waals surface area (Å²) in [5.41, 5.74) is -0.644. The van der Waals surface area contributed by atoms with E-state index < -0.39 is 35.5 Å². The van der Waals surface area contributed by atoms with E-state index in [1.165, 1.54) is 12.5 Å². The van der Waals surface area contributed by atoms with E-state index in [9.17, 15) is 24.6 Å². The second-order valence-electron chi connectivity index (χ2n) is 6.87. The molecular formula is C18H26ClN3O6. The quantitative estimate of drug-likeness (QED) is 0.242. The number of rotatable bonds is 9. The normalized spacial score (nSPS) is 15.3. The number of halogens is 1. The number of hydroxylamine groups is 1. The van der Waals surface area contributed by atoms with Crippen LogP contribution < -0.4 is 16.1 Å². The van der Waals surface area contributed by atoms with Crippen LogP contribution in [-0.2, 0) is 20.8 Å². The zero-order chi connectivity index (χ0) is 21.5. The van der Waals surface area contributed by atoms with Crippen molar-refractivity contribution in [2.24, 2.45) is 5.92 Å². The van der Waals surface area contributed by atoms with Crippen molar-refractivity contribution in [3.63, 3.8) is 0 Å². The lowest BCUT2D eigenvalue weighted by Crippen LogP contribution is -2.63. The maximum Gasteiger partial charge on any atom is 0.275 e. The average Bonchev–Trinajstić information content (AvgIpc) is 2.66. The SMILES string of the molecule is CNC(=O)C(Cc1ccc(Cl)cc1)NC(=O)C(O)(CC(C)C)C(O)C(=O)NO. The molecule has 1 rings (SSSR count). The summed E-state index contributed by atoms with van der Waals surface area (Å²) in [4.78, 5) is 36.6. The molecule has 6 N–H and O–H groups in total. The summed E-state index contributed by atoms with van der Waals surface area (Å²) in [6.07, 6.45) is -2.43. The van der Waals surface area contributed by atoms with E-state index in [0.717, 1.165) is 0 Å². The molecule has 156 valence electrons. The van der Waals surface area contributed by atoms with Gasteiger partial charge in [-0.3, -0.25) is 19.6 Å². The lowest BCUT2D eigenvalue weighted by molar-refractivity contribution is -0.169. The first-order chi connectivity index (χ1) is 13.0. The van der Waals surface area contributed by atoms with Crippen molar-refractivity contribution < 1.29 is 29.8 Å². The molecule has 0 aliphatic rings. The van der Waals surface area contributed by atoms with Crippen molar-refractivity contribution in [2.45, 2.75) is 44.4 Å². The van der Waals surface area contributed by atoms with Crippen LogP contribution in [0.15, 0.2) is 24.3 Å². The Morgan fingerprint density at radius 2 is 1.71 bits per heavy atom. The molecule has 0 aromatic heterocycles. The standard InChI is InChI=1S/C18H26ClN3O6/c1-10(2)9-18(27,14(23)16(25)22-28)17(26)21-13(15(24)20-3)8-11-4-6-12(19)7-5-11/h4-7,10,13-14,23,27-28H,8-9H2,1-3H3,(H,20,24)(H,21,26)(H,22,25). The fourth-order valence-electron chi connectivity index (χ4n) is 2.75. The largest absolute Gasteiger partial charge is 0.380 e. The number of hydrogen-bond acceptors (Lipinski definition) is 6. The van der Waals surface area contributed by atoms with Gasteiger partial charge in [-0.2, -0.15) is 0 Å². The highest BCUT2D eigenvalue weighted by atomic mass is 35.5. The summed E-state index contributed by atoms with van der Waals surface area (Å²) in [5, 5.41) is 34.9. The van der Waals surface area contributed by atoms with Gasteiger partial charge in [0.1, 0.15) is 6.04 Å². The van der Waals surface area contributed by atoms with Gasteiger partial charge in [-0.15, -0.1) is 0 Å². The highest BCUT2D eigenvalue weighted by molar-refractivity contribution is 6.30. The number of hydrogen-bond donors (Lipinski definition) is 6. The van der Waals surface area contributed by atoms with Crippen LogP contribution in [0.1, 0.15) is 25.8 Å². The second kappa shape index (κ2) is 10.4. The molecule has 9 nitrogen and oxygen atoms in total. The molecule has 3 amide bonds. The number of carbonyl (C=O) groups is 3. The number of amides is 3. The minimum absolute atomic E-state index is 0.0859. The Morgan fingerprint density at radius 1 is 1.14 bits per heavy atom. The summed E-state index contributed by atoms with van der Waals surface area (Å²) in [6.45, 7) is 3.34. The van der Waals surface area contributed by atoms with Gasteiger partial charge in [-0.1, -0.05) is 37.6 Å². The molecule has 0 fully saturated rings. The maximum atomic E-state index is 12.8. The maximum absolute atomic E-state index is 12.8. The first-order valence-corrected chi connectivity index (χ1v) is 9.04. The van der Waals surface area contributed by atoms with Gasteiger partial charge in [-0.25, -0.2) is 5.48 Å². The molecule has 0 radical (unpaired) electrons. The molecule has 1 aromatic rings. The van der Waals surface area contributed by atoms with Gasteiger partial charge in [0.15, 0.2) is 11.7 Å². The van der Waals surface area contributed by atoms with Crippen LogP contribution in [-0.4, -0.2) is 57.9 Å². The van der Waals surface area contributed by atoms with Crippen LogP contribution in [0.25, 0.3) is 0 Å². The van der Waals surface area contributed by atoms with E-state index in [2.05, 4.69) is 10.6 Å². The zero-order valence-corrected chi connectivity index (χ0v) is 16.7. The smallest absolute Gasteiger partial charge is 0.275 e. The van der Waals surface area contributed by atoms with Crippen molar-refractivity contribution in [3.05, 3.63) is 34.9 Å². The van der Waals surface area contributed by atoms with E-state index in [4.69, 9.17) is 16.8 Å². The van der Waals surface area contributed by atoms with Crippen LogP contribution in [0.5, 0.6) is 0 Å². The first-order valence-electron chi connectivity index (χ1n) is 8.66. The molecule has 0 aliphatic carbocycles. The van der Waals surface area contributed by atoms with Gasteiger partial charge in [0.25, 0.3) is 11.8 Å². The number of nitrogens with one attached hydrogen (secondary N) is 3. The van der Waals surface area contributed by atoms with Crippen molar-refractivity contribution in [3.8, 4) is 0 Å². The Kier molecular flexibility index (Phi) is 8.83. The van der Waals surface area contributed by atoms with Crippen molar-refractivity contribution in [1.82, 2.24) is 16.1 Å². The number of benzene rings is 1. The third kappa shape index (κ3) is 6.16. The predicted octanol–water partition coefficient (Wildman–Crippen LogP) is -0.243. The van der Waals surface area contributed by atoms with Crippen LogP contribution in [0, 0.1) is 5.92 Å². The van der Waals surface area contributed by atoms with E-state index in [0.29, 0.717) is 10.6 Å². The Morgan fingerprint density at radius 3 is 2.18 bits per heavy atom. The molecule has 3 atom stereocenters. The topological polar surface area (TPSA) is 148 Å². The lowest BCUT2D eigenvalue weighted by atomic mass is 9.85. The molecule has 0 spiro atoms. The third-order valence-electron chi connectivity index (χ3n) is 4.14. The molecule has 1 aromatic carbocycles. The van der Waals surface area contributed by atoms with E-state index >= 15 is 0 Å². The third-order valence-corrected chi connectivity index (χ3v) is 4.40. The van der Waals surface area contributed by atoms with E-state index in [1.54, 1.807) is 38.1 Å². The van der Waals surface area contributed by atoms with Gasteiger partial charge < -0.3 is 20.8 Å². The number of aliphatic hydroxyl groups excluding tert-OH is 1. The van der Waals surface area contributed by atoms with Crippen molar-refractivity contribution in [1.29, 1.82) is 0 Å². The fraction of sp³-hybridized carbons (Fsp3) is 0.500. The Balaban J connectivity index is 3.11. The number of carbonyl (C=O) groups excluding carboxylic acids is 3. The molecule has 0 saturated carbocycles. The number of aliphatic hydroxyl groups is 2. The van der Waals surface area contributed by atoms with Crippen molar-refractivity contribution >= 4 is 29.3 Å². The van der Waals surface area contributed by atoms with Gasteiger partial charge in [0.05, 0.1) is 0 Å². The van der Waals surface area contributed by atoms with Crippen molar-refractivity contribution in [2.75, 3.05) is 7.05 Å². The van der Waals surface area contributed by atoms with Gasteiger partial charge in [0, 0.05) is 18.5 Å². The number of likely N-dealkylation sites (N-methyl/N-ethyl adjacent to an activating group) is 1.